The highest BCUT2D eigenvalue weighted by Gasteiger charge is 2.32. The fourth-order valence-electron chi connectivity index (χ4n) is 2.93. The summed E-state index contributed by atoms with van der Waals surface area (Å²) in [4.78, 5) is 12.3. The van der Waals surface area contributed by atoms with Gasteiger partial charge < -0.3 is 15.4 Å². The highest BCUT2D eigenvalue weighted by molar-refractivity contribution is 5.80. The maximum absolute atomic E-state index is 12.3. The Morgan fingerprint density at radius 2 is 2.21 bits per heavy atom. The van der Waals surface area contributed by atoms with Gasteiger partial charge in [0, 0.05) is 18.5 Å². The van der Waals surface area contributed by atoms with E-state index >= 15 is 0 Å². The first-order valence-corrected chi connectivity index (χ1v) is 6.98. The lowest BCUT2D eigenvalue weighted by Crippen LogP contribution is -2.38. The Labute approximate surface area is 113 Å². The van der Waals surface area contributed by atoms with Crippen molar-refractivity contribution in [3.8, 4) is 5.75 Å². The number of fused-ring (bicyclic) bond motifs is 1. The maximum Gasteiger partial charge on any atom is 0.225 e. The monoisotopic (exact) mass is 260 g/mol. The molecular weight excluding hydrogens is 240 g/mol. The Balaban J connectivity index is 1.72. The summed E-state index contributed by atoms with van der Waals surface area (Å²) in [5, 5.41) is 6.46. The Morgan fingerprint density at radius 3 is 3.00 bits per heavy atom. The van der Waals surface area contributed by atoms with Gasteiger partial charge in [0.05, 0.1) is 18.6 Å². The van der Waals surface area contributed by atoms with Gasteiger partial charge in [0.2, 0.25) is 5.91 Å². The summed E-state index contributed by atoms with van der Waals surface area (Å²) < 4.78 is 5.62. The number of carbonyl (C=O) groups is 1. The van der Waals surface area contributed by atoms with E-state index in [9.17, 15) is 4.79 Å². The molecule has 0 spiro atoms. The van der Waals surface area contributed by atoms with E-state index < -0.39 is 0 Å². The van der Waals surface area contributed by atoms with E-state index in [1.807, 2.05) is 24.3 Å². The van der Waals surface area contributed by atoms with Crippen LogP contribution in [0.4, 0.5) is 0 Å². The molecule has 3 rings (SSSR count). The normalized spacial score (nSPS) is 29.4. The minimum absolute atomic E-state index is 0.0882. The van der Waals surface area contributed by atoms with E-state index in [2.05, 4.69) is 17.6 Å². The molecule has 4 heteroatoms. The first-order chi connectivity index (χ1) is 9.25. The fourth-order valence-corrected chi connectivity index (χ4v) is 2.93. The quantitative estimate of drug-likeness (QED) is 0.847. The van der Waals surface area contributed by atoms with Gasteiger partial charge in [-0.25, -0.2) is 0 Å². The fraction of sp³-hybridized carbons (Fsp3) is 0.533. The molecule has 0 bridgehead atoms. The predicted molar refractivity (Wildman–Crippen MR) is 73.0 cm³/mol. The Hall–Kier alpha value is -1.55. The van der Waals surface area contributed by atoms with Gasteiger partial charge >= 0.3 is 0 Å². The Morgan fingerprint density at radius 1 is 1.37 bits per heavy atom. The molecule has 3 atom stereocenters. The second-order valence-corrected chi connectivity index (χ2v) is 5.48. The zero-order valence-electron chi connectivity index (χ0n) is 11.2. The van der Waals surface area contributed by atoms with E-state index in [0.717, 1.165) is 30.8 Å². The van der Waals surface area contributed by atoms with Crippen LogP contribution in [0.3, 0.4) is 0 Å². The minimum atomic E-state index is 0.0882. The van der Waals surface area contributed by atoms with E-state index in [0.29, 0.717) is 12.5 Å². The lowest BCUT2D eigenvalue weighted by molar-refractivity contribution is -0.126. The number of hydrogen-bond donors (Lipinski definition) is 2. The average molecular weight is 260 g/mol. The zero-order valence-corrected chi connectivity index (χ0v) is 11.2. The molecule has 1 saturated heterocycles. The number of nitrogens with one attached hydrogen (secondary N) is 2. The van der Waals surface area contributed by atoms with E-state index in [-0.39, 0.29) is 17.9 Å². The molecule has 1 aromatic carbocycles. The van der Waals surface area contributed by atoms with Gasteiger partial charge in [-0.2, -0.15) is 0 Å². The predicted octanol–water partition coefficient (Wildman–Crippen LogP) is 1.48. The molecule has 0 radical (unpaired) electrons. The van der Waals surface area contributed by atoms with Gasteiger partial charge in [-0.05, 0) is 18.5 Å². The van der Waals surface area contributed by atoms with Crippen molar-refractivity contribution in [2.45, 2.75) is 19.4 Å². The number of hydrogen-bond acceptors (Lipinski definition) is 3. The highest BCUT2D eigenvalue weighted by atomic mass is 16.5. The third kappa shape index (κ3) is 2.45. The van der Waals surface area contributed by atoms with E-state index in [1.165, 1.54) is 0 Å². The van der Waals surface area contributed by atoms with Crippen LogP contribution in [0.1, 0.15) is 24.9 Å². The van der Waals surface area contributed by atoms with Crippen molar-refractivity contribution in [1.29, 1.82) is 0 Å². The first kappa shape index (κ1) is 12.5. The van der Waals surface area contributed by atoms with Crippen molar-refractivity contribution < 1.29 is 9.53 Å². The van der Waals surface area contributed by atoms with E-state index in [4.69, 9.17) is 4.74 Å². The number of para-hydroxylation sites is 1. The number of carbonyl (C=O) groups excluding carboxylic acids is 1. The molecule has 1 aromatic rings. The van der Waals surface area contributed by atoms with Crippen LogP contribution in [0.15, 0.2) is 24.3 Å². The molecule has 19 heavy (non-hydrogen) atoms. The van der Waals surface area contributed by atoms with Crippen LogP contribution in [0.2, 0.25) is 0 Å². The van der Waals surface area contributed by atoms with Crippen molar-refractivity contribution in [3.05, 3.63) is 29.8 Å². The molecular formula is C15H20N2O2. The van der Waals surface area contributed by atoms with Gasteiger partial charge in [0.25, 0.3) is 0 Å². The topological polar surface area (TPSA) is 50.4 Å². The van der Waals surface area contributed by atoms with Crippen LogP contribution in [0, 0.1) is 11.8 Å². The van der Waals surface area contributed by atoms with Gasteiger partial charge in [-0.3, -0.25) is 4.79 Å². The summed E-state index contributed by atoms with van der Waals surface area (Å²) >= 11 is 0. The number of rotatable bonds is 2. The average Bonchev–Trinajstić information content (AvgIpc) is 2.85. The van der Waals surface area contributed by atoms with Crippen molar-refractivity contribution in [1.82, 2.24) is 10.6 Å². The van der Waals surface area contributed by atoms with Gasteiger partial charge in [-0.15, -0.1) is 0 Å². The first-order valence-electron chi connectivity index (χ1n) is 6.98. The van der Waals surface area contributed by atoms with Crippen LogP contribution in [0.5, 0.6) is 5.75 Å². The number of ether oxygens (including phenoxy) is 1. The molecule has 2 heterocycles. The summed E-state index contributed by atoms with van der Waals surface area (Å²) in [5.41, 5.74) is 1.10. The largest absolute Gasteiger partial charge is 0.493 e. The second-order valence-electron chi connectivity index (χ2n) is 5.48. The van der Waals surface area contributed by atoms with Crippen LogP contribution in [-0.2, 0) is 4.79 Å². The standard InChI is InChI=1S/C15H20N2O2/c1-10-8-16-9-12(10)15(18)17-13-6-7-19-14-5-3-2-4-11(13)14/h2-5,10,12-13,16H,6-9H2,1H3,(H,17,18)/t10-,12-,13?/m1/s1. The Kier molecular flexibility index (Phi) is 3.42. The van der Waals surface area contributed by atoms with Gasteiger partial charge in [0.15, 0.2) is 0 Å². The summed E-state index contributed by atoms with van der Waals surface area (Å²) in [7, 11) is 0. The van der Waals surface area contributed by atoms with Crippen molar-refractivity contribution in [2.24, 2.45) is 11.8 Å². The van der Waals surface area contributed by atoms with Crippen LogP contribution >= 0.6 is 0 Å². The molecule has 0 saturated carbocycles. The summed E-state index contributed by atoms with van der Waals surface area (Å²) in [6.45, 7) is 4.52. The molecule has 2 N–H and O–H groups in total. The summed E-state index contributed by atoms with van der Waals surface area (Å²) in [6.07, 6.45) is 0.845. The van der Waals surface area contributed by atoms with Crippen LogP contribution in [-0.4, -0.2) is 25.6 Å². The van der Waals surface area contributed by atoms with Crippen molar-refractivity contribution in [3.63, 3.8) is 0 Å². The molecule has 1 unspecified atom stereocenters. The second kappa shape index (κ2) is 5.21. The molecule has 0 aromatic heterocycles. The third-order valence-corrected chi connectivity index (χ3v) is 4.13. The van der Waals surface area contributed by atoms with Crippen molar-refractivity contribution in [2.75, 3.05) is 19.7 Å². The van der Waals surface area contributed by atoms with Crippen LogP contribution in [0.25, 0.3) is 0 Å². The lowest BCUT2D eigenvalue weighted by atomic mass is 9.95. The lowest BCUT2D eigenvalue weighted by Gasteiger charge is -2.28. The molecule has 4 nitrogen and oxygen atoms in total. The molecule has 1 fully saturated rings. The SMILES string of the molecule is C[C@@H]1CNC[C@H]1C(=O)NC1CCOc2ccccc21. The Bertz CT molecular complexity index is 475. The number of amides is 1. The smallest absolute Gasteiger partial charge is 0.225 e. The molecule has 2 aliphatic rings. The number of benzene rings is 1. The highest BCUT2D eigenvalue weighted by Crippen LogP contribution is 2.32. The van der Waals surface area contributed by atoms with Gasteiger partial charge in [-0.1, -0.05) is 25.1 Å². The van der Waals surface area contributed by atoms with Crippen LogP contribution < -0.4 is 15.4 Å². The van der Waals surface area contributed by atoms with E-state index in [1.54, 1.807) is 0 Å². The summed E-state index contributed by atoms with van der Waals surface area (Å²) in [5.74, 6) is 1.57. The molecule has 0 aliphatic carbocycles. The van der Waals surface area contributed by atoms with Crippen molar-refractivity contribution >= 4 is 5.91 Å². The minimum Gasteiger partial charge on any atom is -0.493 e. The molecule has 1 amide bonds. The maximum atomic E-state index is 12.3. The summed E-state index contributed by atoms with van der Waals surface area (Å²) in [6, 6.07) is 8.05. The zero-order chi connectivity index (χ0) is 13.2. The van der Waals surface area contributed by atoms with Gasteiger partial charge in [0.1, 0.15) is 5.75 Å². The molecule has 102 valence electrons. The third-order valence-electron chi connectivity index (χ3n) is 4.13. The molecule has 2 aliphatic heterocycles.